The zero-order chi connectivity index (χ0) is 19.8. The number of hydrogen-bond acceptors (Lipinski definition) is 3. The number of carbonyl (C=O) groups excluding carboxylic acids is 1. The van der Waals surface area contributed by atoms with Gasteiger partial charge in [0.25, 0.3) is 0 Å². The summed E-state index contributed by atoms with van der Waals surface area (Å²) in [5, 5.41) is 13.3. The van der Waals surface area contributed by atoms with Gasteiger partial charge in [0.15, 0.2) is 0 Å². The number of phenols is 1. The maximum absolute atomic E-state index is 13.0. The van der Waals surface area contributed by atoms with E-state index < -0.39 is 0 Å². The molecule has 2 N–H and O–H groups in total. The molecule has 2 aliphatic carbocycles. The number of para-hydroxylation sites is 1. The molecule has 150 valence electrons. The number of urea groups is 1. The molecule has 2 aromatic rings. The fourth-order valence-electron chi connectivity index (χ4n) is 7.33. The lowest BCUT2D eigenvalue weighted by molar-refractivity contribution is -0.0539. The van der Waals surface area contributed by atoms with Crippen molar-refractivity contribution in [2.24, 2.45) is 11.3 Å². The van der Waals surface area contributed by atoms with Crippen molar-refractivity contribution >= 4 is 11.7 Å². The predicted molar refractivity (Wildman–Crippen MR) is 112 cm³/mol. The second kappa shape index (κ2) is 5.76. The van der Waals surface area contributed by atoms with Gasteiger partial charge in [0, 0.05) is 48.1 Å². The van der Waals surface area contributed by atoms with E-state index in [-0.39, 0.29) is 11.4 Å². The van der Waals surface area contributed by atoms with Crippen LogP contribution in [0.3, 0.4) is 0 Å². The second-order valence-corrected chi connectivity index (χ2v) is 9.67. The second-order valence-electron chi connectivity index (χ2n) is 9.67. The quantitative estimate of drug-likeness (QED) is 0.786. The van der Waals surface area contributed by atoms with Crippen LogP contribution in [0.25, 0.3) is 0 Å². The van der Waals surface area contributed by atoms with E-state index in [1.807, 2.05) is 47.4 Å². The molecule has 5 heteroatoms. The number of rotatable bonds is 1. The van der Waals surface area contributed by atoms with Gasteiger partial charge in [-0.2, -0.15) is 0 Å². The highest BCUT2D eigenvalue weighted by Crippen LogP contribution is 2.68. The number of amides is 2. The van der Waals surface area contributed by atoms with E-state index in [0.717, 1.165) is 38.2 Å². The number of nitrogens with one attached hydrogen (secondary N) is 1. The Kier molecular flexibility index (Phi) is 3.44. The molecule has 2 amide bonds. The summed E-state index contributed by atoms with van der Waals surface area (Å²) < 4.78 is 0. The first kappa shape index (κ1) is 17.3. The molecule has 0 radical (unpaired) electrons. The normalized spacial score (nSPS) is 34.6. The van der Waals surface area contributed by atoms with Crippen LogP contribution in [0.1, 0.15) is 24.0 Å². The summed E-state index contributed by atoms with van der Waals surface area (Å²) >= 11 is 0. The number of nitrogens with zero attached hydrogens (tertiary/aromatic N) is 2. The van der Waals surface area contributed by atoms with Crippen LogP contribution in [0.15, 0.2) is 48.5 Å². The number of fused-ring (bicyclic) bond motifs is 2. The number of benzene rings is 2. The van der Waals surface area contributed by atoms with Crippen molar-refractivity contribution in [1.82, 2.24) is 9.80 Å². The van der Waals surface area contributed by atoms with Crippen LogP contribution in [-0.2, 0) is 11.8 Å². The highest BCUT2D eigenvalue weighted by atomic mass is 16.3. The minimum Gasteiger partial charge on any atom is -0.508 e. The zero-order valence-corrected chi connectivity index (χ0v) is 16.8. The molecule has 2 spiro atoms. The molecule has 4 aliphatic rings. The SMILES string of the molecule is CN1CC23Cc4ccc(O)cc4[C@]4(CCN(C(=O)Nc5ccccc5)C[C@H]4C12)C3. The van der Waals surface area contributed by atoms with Crippen LogP contribution in [0.4, 0.5) is 10.5 Å². The third-order valence-corrected chi connectivity index (χ3v) is 8.15. The Bertz CT molecular complexity index is 993. The van der Waals surface area contributed by atoms with Crippen molar-refractivity contribution in [2.75, 3.05) is 32.0 Å². The van der Waals surface area contributed by atoms with Gasteiger partial charge in [0.05, 0.1) is 0 Å². The number of hydrogen-bond donors (Lipinski definition) is 2. The fourth-order valence-corrected chi connectivity index (χ4v) is 7.33. The lowest BCUT2D eigenvalue weighted by atomic mass is 9.61. The molecule has 1 saturated carbocycles. The fraction of sp³-hybridized carbons (Fsp3) is 0.458. The minimum absolute atomic E-state index is 0.000319. The Balaban J connectivity index is 1.34. The van der Waals surface area contributed by atoms with Crippen molar-refractivity contribution in [3.63, 3.8) is 0 Å². The number of phenolic OH excluding ortho intramolecular Hbond substituents is 1. The number of carbonyl (C=O) groups is 1. The molecule has 2 heterocycles. The largest absolute Gasteiger partial charge is 0.508 e. The first-order valence-electron chi connectivity index (χ1n) is 10.6. The standard InChI is InChI=1S/C24H27N3O2/c1-26-15-23-12-16-7-8-18(28)11-19(16)24(14-23)9-10-27(13-20(24)21(23)26)22(29)25-17-5-3-2-4-6-17/h2-8,11,20-21,28H,9-10,12-15H2,1H3,(H,25,29)/t20-,21?,23?,24-/m0/s1. The van der Waals surface area contributed by atoms with Gasteiger partial charge in [-0.05, 0) is 61.7 Å². The van der Waals surface area contributed by atoms with Crippen molar-refractivity contribution < 1.29 is 9.90 Å². The summed E-state index contributed by atoms with van der Waals surface area (Å²) in [6.45, 7) is 2.69. The third-order valence-electron chi connectivity index (χ3n) is 8.15. The first-order valence-corrected chi connectivity index (χ1v) is 10.6. The maximum atomic E-state index is 13.0. The Labute approximate surface area is 171 Å². The molecule has 2 bridgehead atoms. The van der Waals surface area contributed by atoms with E-state index in [9.17, 15) is 9.90 Å². The summed E-state index contributed by atoms with van der Waals surface area (Å²) in [4.78, 5) is 17.5. The highest BCUT2D eigenvalue weighted by molar-refractivity contribution is 5.89. The average Bonchev–Trinajstić information content (AvgIpc) is 2.89. The Morgan fingerprint density at radius 3 is 2.83 bits per heavy atom. The predicted octanol–water partition coefficient (Wildman–Crippen LogP) is 3.44. The number of piperidine rings is 1. The van der Waals surface area contributed by atoms with Crippen LogP contribution in [0.5, 0.6) is 5.75 Å². The van der Waals surface area contributed by atoms with Gasteiger partial charge in [0.1, 0.15) is 5.75 Å². The van der Waals surface area contributed by atoms with Gasteiger partial charge in [-0.1, -0.05) is 24.3 Å². The van der Waals surface area contributed by atoms with E-state index in [4.69, 9.17) is 0 Å². The summed E-state index contributed by atoms with van der Waals surface area (Å²) in [7, 11) is 2.23. The molecule has 6 rings (SSSR count). The van der Waals surface area contributed by atoms with Crippen molar-refractivity contribution in [2.45, 2.75) is 30.7 Å². The molecule has 2 unspecified atom stereocenters. The van der Waals surface area contributed by atoms with E-state index in [1.165, 1.54) is 17.5 Å². The van der Waals surface area contributed by atoms with Crippen LogP contribution in [0, 0.1) is 11.3 Å². The summed E-state index contributed by atoms with van der Waals surface area (Å²) in [6.07, 6.45) is 3.28. The first-order chi connectivity index (χ1) is 14.0. The van der Waals surface area contributed by atoms with Crippen LogP contribution >= 0.6 is 0 Å². The summed E-state index contributed by atoms with van der Waals surface area (Å²) in [5.41, 5.74) is 4.03. The molecule has 29 heavy (non-hydrogen) atoms. The van der Waals surface area contributed by atoms with Crippen molar-refractivity contribution in [3.05, 3.63) is 59.7 Å². The van der Waals surface area contributed by atoms with Crippen LogP contribution in [0.2, 0.25) is 0 Å². The number of likely N-dealkylation sites (tertiary alicyclic amines) is 2. The molecule has 0 aromatic heterocycles. The molecular weight excluding hydrogens is 362 g/mol. The molecule has 5 nitrogen and oxygen atoms in total. The van der Waals surface area contributed by atoms with Crippen molar-refractivity contribution in [3.8, 4) is 5.75 Å². The lowest BCUT2D eigenvalue weighted by Gasteiger charge is -2.55. The average molecular weight is 389 g/mol. The molecule has 2 aromatic carbocycles. The Morgan fingerprint density at radius 1 is 1.21 bits per heavy atom. The summed E-state index contributed by atoms with van der Waals surface area (Å²) in [5.74, 6) is 0.782. The smallest absolute Gasteiger partial charge is 0.321 e. The van der Waals surface area contributed by atoms with Crippen molar-refractivity contribution in [1.29, 1.82) is 0 Å². The molecular formula is C24H27N3O2. The number of aromatic hydroxyl groups is 1. The maximum Gasteiger partial charge on any atom is 0.321 e. The summed E-state index contributed by atoms with van der Waals surface area (Å²) in [6, 6.07) is 16.2. The number of anilines is 1. The van der Waals surface area contributed by atoms with E-state index >= 15 is 0 Å². The van der Waals surface area contributed by atoms with Gasteiger partial charge in [0.2, 0.25) is 0 Å². The van der Waals surface area contributed by atoms with E-state index in [2.05, 4.69) is 23.3 Å². The Morgan fingerprint density at radius 2 is 2.03 bits per heavy atom. The lowest BCUT2D eigenvalue weighted by Crippen LogP contribution is -2.64. The van der Waals surface area contributed by atoms with Gasteiger partial charge in [-0.15, -0.1) is 0 Å². The monoisotopic (exact) mass is 389 g/mol. The molecule has 2 saturated heterocycles. The molecule has 2 aliphatic heterocycles. The van der Waals surface area contributed by atoms with Crippen LogP contribution in [-0.4, -0.2) is 53.7 Å². The van der Waals surface area contributed by atoms with Crippen LogP contribution < -0.4 is 5.32 Å². The van der Waals surface area contributed by atoms with E-state index in [1.54, 1.807) is 0 Å². The topological polar surface area (TPSA) is 55.8 Å². The highest BCUT2D eigenvalue weighted by Gasteiger charge is 2.70. The van der Waals surface area contributed by atoms with E-state index in [0.29, 0.717) is 23.1 Å². The molecule has 3 fully saturated rings. The van der Waals surface area contributed by atoms with Gasteiger partial charge in [-0.25, -0.2) is 4.79 Å². The minimum atomic E-state index is -0.000319. The third kappa shape index (κ3) is 2.28. The van der Waals surface area contributed by atoms with Gasteiger partial charge < -0.3 is 20.2 Å². The molecule has 4 atom stereocenters. The van der Waals surface area contributed by atoms with Gasteiger partial charge >= 0.3 is 6.03 Å². The van der Waals surface area contributed by atoms with Gasteiger partial charge in [-0.3, -0.25) is 0 Å². The zero-order valence-electron chi connectivity index (χ0n) is 16.8. The Hall–Kier alpha value is -2.53.